The first-order valence-electron chi connectivity index (χ1n) is 7.63. The number of hydrogen-bond acceptors (Lipinski definition) is 6. The molecule has 0 atom stereocenters. The number of benzene rings is 1. The number of hydrogen-bond donors (Lipinski definition) is 0. The molecular weight excluding hydrogens is 322 g/mol. The van der Waals surface area contributed by atoms with Crippen molar-refractivity contribution in [1.82, 2.24) is 14.8 Å². The van der Waals surface area contributed by atoms with Gasteiger partial charge in [-0.05, 0) is 37.3 Å². The number of carbonyl (C=O) groups excluding carboxylic acids is 2. The molecule has 1 aromatic carbocycles. The van der Waals surface area contributed by atoms with E-state index in [1.54, 1.807) is 49.2 Å². The summed E-state index contributed by atoms with van der Waals surface area (Å²) in [7, 11) is 3.33. The van der Waals surface area contributed by atoms with Crippen LogP contribution in [0.25, 0.3) is 11.0 Å². The van der Waals surface area contributed by atoms with Crippen molar-refractivity contribution in [1.29, 1.82) is 0 Å². The Balaban J connectivity index is 1.69. The maximum absolute atomic E-state index is 12.2. The molecule has 0 aliphatic rings. The minimum atomic E-state index is -0.598. The summed E-state index contributed by atoms with van der Waals surface area (Å²) in [6.45, 7) is 1.50. The first-order chi connectivity index (χ1) is 12.0. The highest BCUT2D eigenvalue weighted by Gasteiger charge is 2.15. The number of pyridine rings is 1. The highest BCUT2D eigenvalue weighted by molar-refractivity contribution is 6.00. The van der Waals surface area contributed by atoms with Crippen LogP contribution in [0.2, 0.25) is 0 Å². The lowest BCUT2D eigenvalue weighted by Gasteiger charge is -2.05. The lowest BCUT2D eigenvalue weighted by molar-refractivity contribution is 0.0474. The topological polar surface area (TPSA) is 83.3 Å². The first-order valence-corrected chi connectivity index (χ1v) is 7.63. The third kappa shape index (κ3) is 3.35. The molecule has 0 aliphatic heterocycles. The van der Waals surface area contributed by atoms with E-state index in [1.807, 2.05) is 6.92 Å². The molecule has 0 saturated heterocycles. The van der Waals surface area contributed by atoms with Gasteiger partial charge in [0.25, 0.3) is 0 Å². The van der Waals surface area contributed by atoms with Gasteiger partial charge in [0.15, 0.2) is 18.0 Å². The smallest absolute Gasteiger partial charge is 0.340 e. The quantitative estimate of drug-likeness (QED) is 0.524. The Morgan fingerprint density at radius 2 is 1.88 bits per heavy atom. The molecule has 0 saturated carbocycles. The SMILES string of the molecule is COc1ccc(C(=O)COC(=O)c2cnc3c(c2)c(C)nn3C)cc1. The summed E-state index contributed by atoms with van der Waals surface area (Å²) in [5.41, 5.74) is 2.19. The molecule has 0 N–H and O–H groups in total. The lowest BCUT2D eigenvalue weighted by Crippen LogP contribution is -2.14. The average Bonchev–Trinajstić information content (AvgIpc) is 2.93. The van der Waals surface area contributed by atoms with Crippen LogP contribution in [0.4, 0.5) is 0 Å². The molecule has 25 heavy (non-hydrogen) atoms. The summed E-state index contributed by atoms with van der Waals surface area (Å²) in [5.74, 6) is -0.234. The highest BCUT2D eigenvalue weighted by Crippen LogP contribution is 2.17. The first kappa shape index (κ1) is 16.6. The van der Waals surface area contributed by atoms with Crippen LogP contribution < -0.4 is 4.74 Å². The largest absolute Gasteiger partial charge is 0.497 e. The Bertz CT molecular complexity index is 945. The number of methoxy groups -OCH3 is 1. The van der Waals surface area contributed by atoms with Crippen molar-refractivity contribution in [2.45, 2.75) is 6.92 Å². The van der Waals surface area contributed by atoms with Gasteiger partial charge in [0.1, 0.15) is 5.75 Å². The number of nitrogens with zero attached hydrogens (tertiary/aromatic N) is 3. The van der Waals surface area contributed by atoms with Gasteiger partial charge >= 0.3 is 5.97 Å². The molecular formula is C18H17N3O4. The molecule has 128 valence electrons. The molecule has 0 spiro atoms. The molecule has 7 heteroatoms. The monoisotopic (exact) mass is 339 g/mol. The van der Waals surface area contributed by atoms with Gasteiger partial charge in [-0.25, -0.2) is 9.78 Å². The maximum Gasteiger partial charge on any atom is 0.340 e. The molecule has 0 unspecified atom stereocenters. The van der Waals surface area contributed by atoms with Crippen molar-refractivity contribution in [2.24, 2.45) is 7.05 Å². The summed E-state index contributed by atoms with van der Waals surface area (Å²) in [4.78, 5) is 28.5. The molecule has 0 aliphatic carbocycles. The summed E-state index contributed by atoms with van der Waals surface area (Å²) in [5, 5.41) is 5.03. The number of Topliss-reactive ketones (excluding diaryl/α,β-unsaturated/α-hetero) is 1. The van der Waals surface area contributed by atoms with Crippen LogP contribution in [0, 0.1) is 6.92 Å². The fourth-order valence-electron chi connectivity index (χ4n) is 2.49. The van der Waals surface area contributed by atoms with Crippen molar-refractivity contribution < 1.29 is 19.1 Å². The summed E-state index contributed by atoms with van der Waals surface area (Å²) in [6.07, 6.45) is 1.42. The minimum Gasteiger partial charge on any atom is -0.497 e. The van der Waals surface area contributed by atoms with Crippen LogP contribution in [-0.2, 0) is 11.8 Å². The predicted molar refractivity (Wildman–Crippen MR) is 90.9 cm³/mol. The Labute approximate surface area is 144 Å². The minimum absolute atomic E-state index is 0.283. The zero-order valence-electron chi connectivity index (χ0n) is 14.1. The number of ether oxygens (including phenoxy) is 2. The van der Waals surface area contributed by atoms with Crippen LogP contribution in [0.5, 0.6) is 5.75 Å². The fraction of sp³-hybridized carbons (Fsp3) is 0.222. The number of carbonyl (C=O) groups is 2. The number of aryl methyl sites for hydroxylation is 2. The fourth-order valence-corrected chi connectivity index (χ4v) is 2.49. The van der Waals surface area contributed by atoms with Gasteiger partial charge in [0.05, 0.1) is 18.4 Å². The van der Waals surface area contributed by atoms with E-state index in [0.717, 1.165) is 11.1 Å². The van der Waals surface area contributed by atoms with Crippen molar-refractivity contribution in [3.63, 3.8) is 0 Å². The second-order valence-corrected chi connectivity index (χ2v) is 5.53. The van der Waals surface area contributed by atoms with Gasteiger partial charge < -0.3 is 9.47 Å². The van der Waals surface area contributed by atoms with Crippen LogP contribution in [0.15, 0.2) is 36.5 Å². The third-order valence-corrected chi connectivity index (χ3v) is 3.85. The molecule has 0 bridgehead atoms. The van der Waals surface area contributed by atoms with Crippen molar-refractivity contribution in [2.75, 3.05) is 13.7 Å². The summed E-state index contributed by atoms with van der Waals surface area (Å²) in [6, 6.07) is 8.28. The van der Waals surface area contributed by atoms with Crippen molar-refractivity contribution in [3.05, 3.63) is 53.3 Å². The van der Waals surface area contributed by atoms with E-state index in [-0.39, 0.29) is 18.0 Å². The summed E-state index contributed by atoms with van der Waals surface area (Å²) < 4.78 is 11.8. The van der Waals surface area contributed by atoms with E-state index < -0.39 is 5.97 Å². The second-order valence-electron chi connectivity index (χ2n) is 5.53. The zero-order valence-corrected chi connectivity index (χ0v) is 14.1. The summed E-state index contributed by atoms with van der Waals surface area (Å²) >= 11 is 0. The van der Waals surface area contributed by atoms with E-state index in [2.05, 4.69) is 10.1 Å². The van der Waals surface area contributed by atoms with Crippen LogP contribution in [0.3, 0.4) is 0 Å². The van der Waals surface area contributed by atoms with Gasteiger partial charge in [0, 0.05) is 24.2 Å². The maximum atomic E-state index is 12.2. The normalized spacial score (nSPS) is 10.7. The Morgan fingerprint density at radius 3 is 2.56 bits per heavy atom. The van der Waals surface area contributed by atoms with Crippen LogP contribution >= 0.6 is 0 Å². The van der Waals surface area contributed by atoms with Crippen LogP contribution in [0.1, 0.15) is 26.4 Å². The lowest BCUT2D eigenvalue weighted by atomic mass is 10.1. The van der Waals surface area contributed by atoms with E-state index in [1.165, 1.54) is 6.20 Å². The van der Waals surface area contributed by atoms with E-state index >= 15 is 0 Å². The number of esters is 1. The average molecular weight is 339 g/mol. The number of aromatic nitrogens is 3. The van der Waals surface area contributed by atoms with Crippen LogP contribution in [-0.4, -0.2) is 40.2 Å². The Hall–Kier alpha value is -3.22. The van der Waals surface area contributed by atoms with E-state index in [0.29, 0.717) is 17.0 Å². The van der Waals surface area contributed by atoms with Gasteiger partial charge in [-0.15, -0.1) is 0 Å². The number of ketones is 1. The molecule has 0 radical (unpaired) electrons. The molecule has 3 rings (SSSR count). The molecule has 7 nitrogen and oxygen atoms in total. The Morgan fingerprint density at radius 1 is 1.16 bits per heavy atom. The van der Waals surface area contributed by atoms with Gasteiger partial charge in [-0.2, -0.15) is 5.10 Å². The van der Waals surface area contributed by atoms with E-state index in [4.69, 9.17) is 9.47 Å². The Kier molecular flexibility index (Phi) is 4.47. The van der Waals surface area contributed by atoms with E-state index in [9.17, 15) is 9.59 Å². The second kappa shape index (κ2) is 6.72. The standard InChI is InChI=1S/C18H17N3O4/c1-11-15-8-13(9-19-17(15)21(2)20-11)18(23)25-10-16(22)12-4-6-14(24-3)7-5-12/h4-9H,10H2,1-3H3. The van der Waals surface area contributed by atoms with Gasteiger partial charge in [0.2, 0.25) is 0 Å². The molecule has 0 amide bonds. The molecule has 0 fully saturated rings. The molecule has 3 aromatic rings. The highest BCUT2D eigenvalue weighted by atomic mass is 16.5. The van der Waals surface area contributed by atoms with Crippen molar-refractivity contribution >= 4 is 22.8 Å². The van der Waals surface area contributed by atoms with Crippen molar-refractivity contribution in [3.8, 4) is 5.75 Å². The van der Waals surface area contributed by atoms with Gasteiger partial charge in [-0.3, -0.25) is 9.48 Å². The predicted octanol–water partition coefficient (Wildman–Crippen LogP) is 2.33. The molecule has 2 aromatic heterocycles. The zero-order chi connectivity index (χ0) is 18.0. The molecule has 2 heterocycles. The number of rotatable bonds is 5. The third-order valence-electron chi connectivity index (χ3n) is 3.85. The van der Waals surface area contributed by atoms with Gasteiger partial charge in [-0.1, -0.05) is 0 Å². The number of fused-ring (bicyclic) bond motifs is 1.